The minimum Gasteiger partial charge on any atom is -0.378 e. The van der Waals surface area contributed by atoms with Crippen LogP contribution in [-0.4, -0.2) is 52.2 Å². The first kappa shape index (κ1) is 13.5. The van der Waals surface area contributed by atoms with Crippen LogP contribution in [0.4, 0.5) is 11.8 Å². The van der Waals surface area contributed by atoms with Crippen LogP contribution >= 0.6 is 0 Å². The summed E-state index contributed by atoms with van der Waals surface area (Å²) < 4.78 is 10.2. The minimum atomic E-state index is -0.125. The number of carbonyl (C=O) groups excluding carboxylic acids is 1. The molecule has 0 unspecified atom stereocenters. The molecular weight excluding hydrogens is 274 g/mol. The van der Waals surface area contributed by atoms with Crippen molar-refractivity contribution in [3.8, 4) is 0 Å². The second-order valence-corrected chi connectivity index (χ2v) is 4.62. The normalized spacial score (nSPS) is 15.0. The second kappa shape index (κ2) is 5.88. The summed E-state index contributed by atoms with van der Waals surface area (Å²) >= 11 is 0. The molecule has 1 amide bonds. The van der Waals surface area contributed by atoms with E-state index >= 15 is 0 Å². The van der Waals surface area contributed by atoms with Crippen molar-refractivity contribution >= 4 is 17.7 Å². The van der Waals surface area contributed by atoms with Gasteiger partial charge in [0.15, 0.2) is 5.82 Å². The van der Waals surface area contributed by atoms with Gasteiger partial charge >= 0.3 is 0 Å². The largest absolute Gasteiger partial charge is 0.378 e. The molecule has 2 aromatic heterocycles. The van der Waals surface area contributed by atoms with Crippen LogP contribution in [0.25, 0.3) is 0 Å². The maximum Gasteiger partial charge on any atom is 0.272 e. The molecule has 3 heterocycles. The fraction of sp³-hybridized carbons (Fsp3) is 0.385. The number of nitrogens with zero attached hydrogens (tertiary/aromatic N) is 4. The van der Waals surface area contributed by atoms with Gasteiger partial charge in [0.2, 0.25) is 5.95 Å². The minimum absolute atomic E-state index is 0.125. The SMILES string of the molecule is Cc1cc(Nc2nccc(C(=O)N3CCOCC3)n2)no1. The van der Waals surface area contributed by atoms with E-state index in [0.717, 1.165) is 0 Å². The highest BCUT2D eigenvalue weighted by molar-refractivity contribution is 5.92. The molecule has 0 aliphatic carbocycles. The first-order valence-electron chi connectivity index (χ1n) is 6.63. The molecule has 0 atom stereocenters. The molecule has 0 spiro atoms. The van der Waals surface area contributed by atoms with Crippen molar-refractivity contribution in [3.63, 3.8) is 0 Å². The lowest BCUT2D eigenvalue weighted by molar-refractivity contribution is 0.0299. The Labute approximate surface area is 121 Å². The smallest absolute Gasteiger partial charge is 0.272 e. The van der Waals surface area contributed by atoms with Gasteiger partial charge in [-0.1, -0.05) is 5.16 Å². The highest BCUT2D eigenvalue weighted by atomic mass is 16.5. The van der Waals surface area contributed by atoms with Gasteiger partial charge in [0.05, 0.1) is 13.2 Å². The lowest BCUT2D eigenvalue weighted by atomic mass is 10.3. The molecular formula is C13H15N5O3. The average Bonchev–Trinajstić information content (AvgIpc) is 2.93. The molecule has 0 aromatic carbocycles. The van der Waals surface area contributed by atoms with E-state index in [1.54, 1.807) is 24.0 Å². The Kier molecular flexibility index (Phi) is 3.78. The van der Waals surface area contributed by atoms with E-state index < -0.39 is 0 Å². The number of anilines is 2. The number of aryl methyl sites for hydroxylation is 1. The van der Waals surface area contributed by atoms with Gasteiger partial charge in [-0.3, -0.25) is 4.79 Å². The van der Waals surface area contributed by atoms with E-state index in [1.165, 1.54) is 6.20 Å². The third kappa shape index (κ3) is 3.16. The number of carbonyl (C=O) groups is 1. The van der Waals surface area contributed by atoms with Crippen LogP contribution in [0.2, 0.25) is 0 Å². The molecule has 0 bridgehead atoms. The fourth-order valence-electron chi connectivity index (χ4n) is 2.01. The molecule has 1 fully saturated rings. The fourth-order valence-corrected chi connectivity index (χ4v) is 2.01. The van der Waals surface area contributed by atoms with Crippen molar-refractivity contribution in [1.82, 2.24) is 20.0 Å². The van der Waals surface area contributed by atoms with Crippen LogP contribution in [0.3, 0.4) is 0 Å². The van der Waals surface area contributed by atoms with E-state index in [1.807, 2.05) is 0 Å². The Morgan fingerprint density at radius 1 is 1.38 bits per heavy atom. The zero-order valence-electron chi connectivity index (χ0n) is 11.6. The van der Waals surface area contributed by atoms with E-state index in [-0.39, 0.29) is 5.91 Å². The van der Waals surface area contributed by atoms with Gasteiger partial charge in [0.25, 0.3) is 5.91 Å². The van der Waals surface area contributed by atoms with Gasteiger partial charge < -0.3 is 19.5 Å². The van der Waals surface area contributed by atoms with Crippen LogP contribution in [-0.2, 0) is 4.74 Å². The second-order valence-electron chi connectivity index (χ2n) is 4.62. The zero-order valence-corrected chi connectivity index (χ0v) is 11.6. The lowest BCUT2D eigenvalue weighted by Crippen LogP contribution is -2.41. The van der Waals surface area contributed by atoms with E-state index in [2.05, 4.69) is 20.4 Å². The molecule has 1 saturated heterocycles. The van der Waals surface area contributed by atoms with Gasteiger partial charge in [0.1, 0.15) is 11.5 Å². The molecule has 0 saturated carbocycles. The molecule has 2 aromatic rings. The van der Waals surface area contributed by atoms with Crippen molar-refractivity contribution in [1.29, 1.82) is 0 Å². The molecule has 8 nitrogen and oxygen atoms in total. The number of nitrogens with one attached hydrogen (secondary N) is 1. The van der Waals surface area contributed by atoms with Crippen LogP contribution in [0.1, 0.15) is 16.2 Å². The van der Waals surface area contributed by atoms with Crippen molar-refractivity contribution < 1.29 is 14.1 Å². The van der Waals surface area contributed by atoms with Crippen molar-refractivity contribution in [2.24, 2.45) is 0 Å². The monoisotopic (exact) mass is 289 g/mol. The Balaban J connectivity index is 1.74. The van der Waals surface area contributed by atoms with Gasteiger partial charge in [-0.05, 0) is 13.0 Å². The third-order valence-electron chi connectivity index (χ3n) is 3.04. The standard InChI is InChI=1S/C13H15N5O3/c1-9-8-11(17-21-9)16-13-14-3-2-10(15-13)12(19)18-4-6-20-7-5-18/h2-3,8H,4-7H2,1H3,(H,14,15,16,17). The number of aromatic nitrogens is 3. The highest BCUT2D eigenvalue weighted by Gasteiger charge is 2.20. The van der Waals surface area contributed by atoms with E-state index in [9.17, 15) is 4.79 Å². The van der Waals surface area contributed by atoms with Gasteiger partial charge in [-0.25, -0.2) is 9.97 Å². The van der Waals surface area contributed by atoms with Crippen molar-refractivity contribution in [2.75, 3.05) is 31.6 Å². The summed E-state index contributed by atoms with van der Waals surface area (Å²) in [7, 11) is 0. The molecule has 3 rings (SSSR count). The van der Waals surface area contributed by atoms with Crippen LogP contribution in [0.15, 0.2) is 22.9 Å². The van der Waals surface area contributed by atoms with Gasteiger partial charge in [-0.2, -0.15) is 0 Å². The molecule has 1 N–H and O–H groups in total. The van der Waals surface area contributed by atoms with Crippen LogP contribution < -0.4 is 5.32 Å². The number of hydrogen-bond donors (Lipinski definition) is 1. The average molecular weight is 289 g/mol. The van der Waals surface area contributed by atoms with E-state index in [4.69, 9.17) is 9.26 Å². The van der Waals surface area contributed by atoms with Gasteiger partial charge in [-0.15, -0.1) is 0 Å². The highest BCUT2D eigenvalue weighted by Crippen LogP contribution is 2.13. The maximum absolute atomic E-state index is 12.3. The number of amides is 1. The topological polar surface area (TPSA) is 93.4 Å². The summed E-state index contributed by atoms with van der Waals surface area (Å²) in [5, 5.41) is 6.70. The van der Waals surface area contributed by atoms with E-state index in [0.29, 0.717) is 49.5 Å². The van der Waals surface area contributed by atoms with Crippen molar-refractivity contribution in [3.05, 3.63) is 29.8 Å². The molecule has 1 aliphatic rings. The quantitative estimate of drug-likeness (QED) is 0.900. The predicted molar refractivity (Wildman–Crippen MR) is 73.3 cm³/mol. The Bertz CT molecular complexity index is 636. The summed E-state index contributed by atoms with van der Waals surface area (Å²) in [4.78, 5) is 22.3. The number of ether oxygens (including phenoxy) is 1. The molecule has 8 heteroatoms. The number of hydrogen-bond acceptors (Lipinski definition) is 7. The molecule has 0 radical (unpaired) electrons. The zero-order chi connectivity index (χ0) is 14.7. The molecule has 21 heavy (non-hydrogen) atoms. The lowest BCUT2D eigenvalue weighted by Gasteiger charge is -2.26. The summed E-state index contributed by atoms with van der Waals surface area (Å²) in [5.41, 5.74) is 0.342. The molecule has 110 valence electrons. The molecule has 1 aliphatic heterocycles. The summed E-state index contributed by atoms with van der Waals surface area (Å²) in [6.07, 6.45) is 1.54. The predicted octanol–water partition coefficient (Wildman–Crippen LogP) is 0.989. The third-order valence-corrected chi connectivity index (χ3v) is 3.04. The first-order valence-corrected chi connectivity index (χ1v) is 6.63. The van der Waals surface area contributed by atoms with Crippen LogP contribution in [0.5, 0.6) is 0 Å². The first-order chi connectivity index (χ1) is 10.2. The Morgan fingerprint density at radius 3 is 2.90 bits per heavy atom. The van der Waals surface area contributed by atoms with Crippen LogP contribution in [0, 0.1) is 6.92 Å². The van der Waals surface area contributed by atoms with Crippen molar-refractivity contribution in [2.45, 2.75) is 6.92 Å². The summed E-state index contributed by atoms with van der Waals surface area (Å²) in [6, 6.07) is 3.32. The number of morpholine rings is 1. The number of rotatable bonds is 3. The summed E-state index contributed by atoms with van der Waals surface area (Å²) in [6.45, 7) is 4.06. The maximum atomic E-state index is 12.3. The Hall–Kier alpha value is -2.48. The Morgan fingerprint density at radius 2 is 2.19 bits per heavy atom. The van der Waals surface area contributed by atoms with Gasteiger partial charge in [0, 0.05) is 25.4 Å². The summed E-state index contributed by atoms with van der Waals surface area (Å²) in [5.74, 6) is 1.36.